The second kappa shape index (κ2) is 7.07. The minimum absolute atomic E-state index is 0.499. The van der Waals surface area contributed by atoms with Gasteiger partial charge in [-0.3, -0.25) is 4.98 Å². The third kappa shape index (κ3) is 3.96. The molecule has 3 aromatic rings. The summed E-state index contributed by atoms with van der Waals surface area (Å²) < 4.78 is 5.82. The van der Waals surface area contributed by atoms with Crippen LogP contribution in [0.1, 0.15) is 11.3 Å². The number of aromatic nitrogens is 3. The zero-order valence-electron chi connectivity index (χ0n) is 12.5. The molecular weight excluding hydrogens is 312 g/mol. The van der Waals surface area contributed by atoms with Gasteiger partial charge in [0.15, 0.2) is 0 Å². The third-order valence-electron chi connectivity index (χ3n) is 3.15. The fourth-order valence-corrected chi connectivity index (χ4v) is 2.16. The Morgan fingerprint density at radius 2 is 1.87 bits per heavy atom. The summed E-state index contributed by atoms with van der Waals surface area (Å²) in [5, 5.41) is 3.76. The highest BCUT2D eigenvalue weighted by Gasteiger charge is 2.08. The van der Waals surface area contributed by atoms with E-state index in [1.165, 1.54) is 0 Å². The molecule has 0 amide bonds. The topological polar surface area (TPSA) is 59.9 Å². The number of hydrogen-bond acceptors (Lipinski definition) is 5. The first-order chi connectivity index (χ1) is 11.2. The number of rotatable bonds is 5. The molecule has 3 rings (SSSR count). The van der Waals surface area contributed by atoms with Crippen molar-refractivity contribution in [2.24, 2.45) is 0 Å². The third-order valence-corrected chi connectivity index (χ3v) is 3.46. The maximum absolute atomic E-state index is 6.09. The van der Waals surface area contributed by atoms with E-state index in [0.717, 1.165) is 11.3 Å². The summed E-state index contributed by atoms with van der Waals surface area (Å²) in [6, 6.07) is 11.1. The van der Waals surface area contributed by atoms with E-state index in [0.29, 0.717) is 29.0 Å². The van der Waals surface area contributed by atoms with Crippen molar-refractivity contribution in [2.75, 3.05) is 5.32 Å². The van der Waals surface area contributed by atoms with E-state index in [1.54, 1.807) is 30.7 Å². The molecule has 0 fully saturated rings. The highest BCUT2D eigenvalue weighted by Crippen LogP contribution is 2.24. The van der Waals surface area contributed by atoms with E-state index in [-0.39, 0.29) is 0 Å². The Hall–Kier alpha value is -2.66. The van der Waals surface area contributed by atoms with E-state index in [1.807, 2.05) is 31.2 Å². The minimum Gasteiger partial charge on any atom is -0.437 e. The number of aryl methyl sites for hydroxylation is 1. The number of hydrogen-bond donors (Lipinski definition) is 1. The standard InChI is InChI=1S/C17H15ClN4O/c1-12-6-7-14(11-21-12)23-17-13(4-2-9-20-17)10-22-16-15(18)5-3-8-19-16/h2-9,11H,10H2,1H3,(H,19,22). The van der Waals surface area contributed by atoms with Gasteiger partial charge in [-0.25, -0.2) is 9.97 Å². The highest BCUT2D eigenvalue weighted by atomic mass is 35.5. The molecule has 0 aliphatic rings. The molecule has 0 aliphatic carbocycles. The Morgan fingerprint density at radius 1 is 1.04 bits per heavy atom. The lowest BCUT2D eigenvalue weighted by molar-refractivity contribution is 0.454. The first-order valence-electron chi connectivity index (χ1n) is 7.11. The molecule has 0 aromatic carbocycles. The second-order valence-corrected chi connectivity index (χ2v) is 5.30. The lowest BCUT2D eigenvalue weighted by atomic mass is 10.2. The molecule has 116 valence electrons. The molecule has 0 bridgehead atoms. The summed E-state index contributed by atoms with van der Waals surface area (Å²) in [7, 11) is 0. The van der Waals surface area contributed by atoms with Gasteiger partial charge in [0.1, 0.15) is 11.6 Å². The van der Waals surface area contributed by atoms with Crippen molar-refractivity contribution in [1.82, 2.24) is 15.0 Å². The molecule has 3 aromatic heterocycles. The first-order valence-corrected chi connectivity index (χ1v) is 7.49. The average molecular weight is 327 g/mol. The zero-order valence-corrected chi connectivity index (χ0v) is 13.3. The van der Waals surface area contributed by atoms with Crippen LogP contribution in [0.2, 0.25) is 5.02 Å². The van der Waals surface area contributed by atoms with E-state index in [9.17, 15) is 0 Å². The maximum Gasteiger partial charge on any atom is 0.224 e. The Bertz CT molecular complexity index is 793. The summed E-state index contributed by atoms with van der Waals surface area (Å²) in [5.74, 6) is 1.80. The predicted molar refractivity (Wildman–Crippen MR) is 89.9 cm³/mol. The van der Waals surface area contributed by atoms with Crippen LogP contribution in [0, 0.1) is 6.92 Å². The Morgan fingerprint density at radius 3 is 2.65 bits per heavy atom. The van der Waals surface area contributed by atoms with Crippen molar-refractivity contribution in [1.29, 1.82) is 0 Å². The predicted octanol–water partition coefficient (Wildman–Crippen LogP) is 4.24. The van der Waals surface area contributed by atoms with Crippen LogP contribution in [-0.4, -0.2) is 15.0 Å². The van der Waals surface area contributed by atoms with Crippen molar-refractivity contribution in [3.63, 3.8) is 0 Å². The summed E-state index contributed by atoms with van der Waals surface area (Å²) in [6.07, 6.45) is 5.05. The summed E-state index contributed by atoms with van der Waals surface area (Å²) in [5.41, 5.74) is 1.83. The van der Waals surface area contributed by atoms with Gasteiger partial charge in [-0.2, -0.15) is 0 Å². The molecular formula is C17H15ClN4O. The van der Waals surface area contributed by atoms with Gasteiger partial charge in [-0.1, -0.05) is 17.7 Å². The number of pyridine rings is 3. The van der Waals surface area contributed by atoms with E-state index in [4.69, 9.17) is 16.3 Å². The lowest BCUT2D eigenvalue weighted by Gasteiger charge is -2.11. The fourth-order valence-electron chi connectivity index (χ4n) is 1.97. The molecule has 1 N–H and O–H groups in total. The molecule has 0 spiro atoms. The molecule has 6 heteroatoms. The molecule has 0 saturated carbocycles. The number of anilines is 1. The zero-order chi connectivity index (χ0) is 16.1. The maximum atomic E-state index is 6.09. The van der Waals surface area contributed by atoms with Crippen LogP contribution in [0.4, 0.5) is 5.82 Å². The van der Waals surface area contributed by atoms with Gasteiger partial charge < -0.3 is 10.1 Å². The van der Waals surface area contributed by atoms with Gasteiger partial charge in [-0.05, 0) is 37.3 Å². The molecule has 23 heavy (non-hydrogen) atoms. The van der Waals surface area contributed by atoms with Crippen LogP contribution >= 0.6 is 11.6 Å². The normalized spacial score (nSPS) is 10.3. The van der Waals surface area contributed by atoms with Gasteiger partial charge in [0.05, 0.1) is 11.2 Å². The molecule has 0 saturated heterocycles. The van der Waals surface area contributed by atoms with Crippen molar-refractivity contribution in [3.8, 4) is 11.6 Å². The van der Waals surface area contributed by atoms with Crippen LogP contribution < -0.4 is 10.1 Å². The van der Waals surface area contributed by atoms with Crippen molar-refractivity contribution < 1.29 is 4.74 Å². The van der Waals surface area contributed by atoms with Crippen molar-refractivity contribution in [3.05, 3.63) is 71.3 Å². The monoisotopic (exact) mass is 326 g/mol. The quantitative estimate of drug-likeness (QED) is 0.760. The van der Waals surface area contributed by atoms with Gasteiger partial charge in [0.25, 0.3) is 0 Å². The number of halogens is 1. The summed E-state index contributed by atoms with van der Waals surface area (Å²) in [4.78, 5) is 12.7. The molecule has 3 heterocycles. The summed E-state index contributed by atoms with van der Waals surface area (Å²) >= 11 is 6.09. The Balaban J connectivity index is 1.75. The van der Waals surface area contributed by atoms with Gasteiger partial charge in [0.2, 0.25) is 5.88 Å². The number of ether oxygens (including phenoxy) is 1. The average Bonchev–Trinajstić information content (AvgIpc) is 2.57. The van der Waals surface area contributed by atoms with Crippen LogP contribution in [0.15, 0.2) is 55.0 Å². The van der Waals surface area contributed by atoms with Crippen LogP contribution in [0.3, 0.4) is 0 Å². The molecule has 0 atom stereocenters. The van der Waals surface area contributed by atoms with Crippen molar-refractivity contribution in [2.45, 2.75) is 13.5 Å². The van der Waals surface area contributed by atoms with Gasteiger partial charge >= 0.3 is 0 Å². The minimum atomic E-state index is 0.499. The van der Waals surface area contributed by atoms with Gasteiger partial charge in [0, 0.05) is 30.2 Å². The largest absolute Gasteiger partial charge is 0.437 e. The Kier molecular flexibility index (Phi) is 4.68. The molecule has 5 nitrogen and oxygen atoms in total. The lowest BCUT2D eigenvalue weighted by Crippen LogP contribution is -2.04. The molecule has 0 radical (unpaired) electrons. The molecule has 0 aliphatic heterocycles. The van der Waals surface area contributed by atoms with Crippen molar-refractivity contribution >= 4 is 17.4 Å². The van der Waals surface area contributed by atoms with Crippen LogP contribution in [0.5, 0.6) is 11.6 Å². The number of nitrogens with one attached hydrogen (secondary N) is 1. The van der Waals surface area contributed by atoms with E-state index < -0.39 is 0 Å². The SMILES string of the molecule is Cc1ccc(Oc2ncccc2CNc2ncccc2Cl)cn1. The number of nitrogens with zero attached hydrogens (tertiary/aromatic N) is 3. The summed E-state index contributed by atoms with van der Waals surface area (Å²) in [6.45, 7) is 2.43. The van der Waals surface area contributed by atoms with E-state index in [2.05, 4.69) is 20.3 Å². The first kappa shape index (κ1) is 15.2. The van der Waals surface area contributed by atoms with Crippen LogP contribution in [0.25, 0.3) is 0 Å². The van der Waals surface area contributed by atoms with Crippen LogP contribution in [-0.2, 0) is 6.54 Å². The van der Waals surface area contributed by atoms with E-state index >= 15 is 0 Å². The smallest absolute Gasteiger partial charge is 0.224 e. The Labute approximate surface area is 139 Å². The fraction of sp³-hybridized carbons (Fsp3) is 0.118. The van der Waals surface area contributed by atoms with Gasteiger partial charge in [-0.15, -0.1) is 0 Å². The second-order valence-electron chi connectivity index (χ2n) is 4.89. The highest BCUT2D eigenvalue weighted by molar-refractivity contribution is 6.32. The molecule has 0 unspecified atom stereocenters.